The van der Waals surface area contributed by atoms with Gasteiger partial charge in [-0.1, -0.05) is 0 Å². The molecule has 3 aromatic rings. The molecule has 1 aromatic carbocycles. The van der Waals surface area contributed by atoms with E-state index in [0.717, 1.165) is 40.8 Å². The zero-order chi connectivity index (χ0) is 15.8. The molecule has 1 fully saturated rings. The van der Waals surface area contributed by atoms with Gasteiger partial charge in [0, 0.05) is 24.5 Å². The van der Waals surface area contributed by atoms with E-state index < -0.39 is 0 Å². The lowest BCUT2D eigenvalue weighted by Gasteiger charge is -2.28. The Morgan fingerprint density at radius 1 is 1.00 bits per heavy atom. The van der Waals surface area contributed by atoms with Gasteiger partial charge in [-0.25, -0.2) is 9.97 Å². The number of aromatic nitrogens is 3. The molecule has 4 rings (SSSR count). The smallest absolute Gasteiger partial charge is 0.162 e. The van der Waals surface area contributed by atoms with Crippen molar-refractivity contribution in [1.82, 2.24) is 15.0 Å². The van der Waals surface area contributed by atoms with Crippen LogP contribution in [0.15, 0.2) is 18.5 Å². The maximum atomic E-state index is 5.45. The highest BCUT2D eigenvalue weighted by molar-refractivity contribution is 6.12. The third-order valence-corrected chi connectivity index (χ3v) is 4.53. The van der Waals surface area contributed by atoms with Gasteiger partial charge in [0.05, 0.1) is 25.1 Å². The second-order valence-electron chi connectivity index (χ2n) is 5.85. The predicted octanol–water partition coefficient (Wildman–Crippen LogP) is 3.12. The molecule has 0 aliphatic carbocycles. The lowest BCUT2D eigenvalue weighted by Crippen LogP contribution is -2.30. The Labute approximate surface area is 134 Å². The number of ether oxygens (including phenoxy) is 2. The first kappa shape index (κ1) is 14.1. The van der Waals surface area contributed by atoms with E-state index in [1.165, 1.54) is 19.3 Å². The molecule has 120 valence electrons. The molecule has 1 aliphatic heterocycles. The maximum Gasteiger partial charge on any atom is 0.162 e. The van der Waals surface area contributed by atoms with Crippen LogP contribution < -0.4 is 14.4 Å². The Hall–Kier alpha value is -2.50. The molecule has 0 radical (unpaired) electrons. The molecular weight excluding hydrogens is 292 g/mol. The first-order valence-electron chi connectivity index (χ1n) is 7.95. The Morgan fingerprint density at radius 2 is 1.74 bits per heavy atom. The van der Waals surface area contributed by atoms with Gasteiger partial charge in [0.1, 0.15) is 17.8 Å². The summed E-state index contributed by atoms with van der Waals surface area (Å²) in [5, 5.41) is 2.13. The van der Waals surface area contributed by atoms with Gasteiger partial charge in [-0.15, -0.1) is 0 Å². The summed E-state index contributed by atoms with van der Waals surface area (Å²) in [6.07, 6.45) is 5.36. The fraction of sp³-hybridized carbons (Fsp3) is 0.412. The van der Waals surface area contributed by atoms with Crippen molar-refractivity contribution in [2.45, 2.75) is 19.3 Å². The van der Waals surface area contributed by atoms with E-state index >= 15 is 0 Å². The van der Waals surface area contributed by atoms with Crippen LogP contribution >= 0.6 is 0 Å². The molecule has 0 spiro atoms. The number of benzene rings is 1. The lowest BCUT2D eigenvalue weighted by molar-refractivity contribution is 0.356. The van der Waals surface area contributed by atoms with E-state index in [1.54, 1.807) is 20.5 Å². The monoisotopic (exact) mass is 312 g/mol. The number of anilines is 1. The second-order valence-corrected chi connectivity index (χ2v) is 5.85. The average Bonchev–Trinajstić information content (AvgIpc) is 2.98. The summed E-state index contributed by atoms with van der Waals surface area (Å²) in [6.45, 7) is 2.10. The lowest BCUT2D eigenvalue weighted by atomic mass is 10.1. The number of rotatable bonds is 3. The summed E-state index contributed by atoms with van der Waals surface area (Å²) in [4.78, 5) is 14.7. The molecule has 1 saturated heterocycles. The number of fused-ring (bicyclic) bond motifs is 3. The standard InChI is InChI=1S/C17H20N4O2/c1-22-13-8-11-12(9-14(13)23-2)20-16-15(11)17(19-10-18-16)21-6-4-3-5-7-21/h8-10H,3-7H2,1-2H3,(H,18,19,20). The fourth-order valence-electron chi connectivity index (χ4n) is 3.38. The van der Waals surface area contributed by atoms with Crippen LogP contribution in [0.2, 0.25) is 0 Å². The third kappa shape index (κ3) is 2.25. The van der Waals surface area contributed by atoms with Gasteiger partial charge in [-0.3, -0.25) is 0 Å². The van der Waals surface area contributed by atoms with Gasteiger partial charge in [0.25, 0.3) is 0 Å². The largest absolute Gasteiger partial charge is 0.493 e. The molecule has 0 unspecified atom stereocenters. The van der Waals surface area contributed by atoms with E-state index in [2.05, 4.69) is 19.9 Å². The van der Waals surface area contributed by atoms with Crippen molar-refractivity contribution in [1.29, 1.82) is 0 Å². The van der Waals surface area contributed by atoms with Crippen molar-refractivity contribution in [2.24, 2.45) is 0 Å². The van der Waals surface area contributed by atoms with Gasteiger partial charge in [0.15, 0.2) is 11.5 Å². The molecule has 6 heteroatoms. The van der Waals surface area contributed by atoms with E-state index in [0.29, 0.717) is 11.5 Å². The minimum atomic E-state index is 0.707. The van der Waals surface area contributed by atoms with Crippen LogP contribution in [0, 0.1) is 0 Å². The highest BCUT2D eigenvalue weighted by Gasteiger charge is 2.20. The third-order valence-electron chi connectivity index (χ3n) is 4.53. The molecule has 2 aromatic heterocycles. The van der Waals surface area contributed by atoms with Crippen LogP contribution in [0.4, 0.5) is 5.82 Å². The number of hydrogen-bond donors (Lipinski definition) is 1. The van der Waals surface area contributed by atoms with Crippen LogP contribution in [-0.2, 0) is 0 Å². The summed E-state index contributed by atoms with van der Waals surface area (Å²) in [7, 11) is 3.30. The number of nitrogens with one attached hydrogen (secondary N) is 1. The quantitative estimate of drug-likeness (QED) is 0.805. The van der Waals surface area contributed by atoms with Crippen LogP contribution in [0.3, 0.4) is 0 Å². The molecule has 1 aliphatic rings. The Kier molecular flexibility index (Phi) is 3.44. The molecule has 0 amide bonds. The van der Waals surface area contributed by atoms with Crippen molar-refractivity contribution >= 4 is 27.8 Å². The summed E-state index contributed by atoms with van der Waals surface area (Å²) in [6, 6.07) is 3.96. The van der Waals surface area contributed by atoms with Crippen molar-refractivity contribution in [3.63, 3.8) is 0 Å². The number of aromatic amines is 1. The SMILES string of the molecule is COc1cc2[nH]c3ncnc(N4CCCCC4)c3c2cc1OC. The number of piperidine rings is 1. The summed E-state index contributed by atoms with van der Waals surface area (Å²) in [5.41, 5.74) is 1.84. The molecule has 0 saturated carbocycles. The Bertz CT molecular complexity index is 853. The summed E-state index contributed by atoms with van der Waals surface area (Å²) < 4.78 is 10.9. The fourth-order valence-corrected chi connectivity index (χ4v) is 3.38. The molecule has 0 bridgehead atoms. The van der Waals surface area contributed by atoms with Crippen molar-refractivity contribution in [2.75, 3.05) is 32.2 Å². The molecule has 6 nitrogen and oxygen atoms in total. The molecular formula is C17H20N4O2. The minimum absolute atomic E-state index is 0.707. The highest BCUT2D eigenvalue weighted by atomic mass is 16.5. The Morgan fingerprint density at radius 3 is 2.48 bits per heavy atom. The summed E-state index contributed by atoms with van der Waals surface area (Å²) >= 11 is 0. The average molecular weight is 312 g/mol. The number of nitrogens with zero attached hydrogens (tertiary/aromatic N) is 3. The predicted molar refractivity (Wildman–Crippen MR) is 90.6 cm³/mol. The van der Waals surface area contributed by atoms with E-state index in [4.69, 9.17) is 9.47 Å². The van der Waals surface area contributed by atoms with Crippen molar-refractivity contribution in [3.05, 3.63) is 18.5 Å². The topological polar surface area (TPSA) is 63.3 Å². The molecule has 23 heavy (non-hydrogen) atoms. The molecule has 1 N–H and O–H groups in total. The van der Waals surface area contributed by atoms with E-state index in [-0.39, 0.29) is 0 Å². The van der Waals surface area contributed by atoms with E-state index in [9.17, 15) is 0 Å². The van der Waals surface area contributed by atoms with Crippen LogP contribution in [-0.4, -0.2) is 42.3 Å². The van der Waals surface area contributed by atoms with Gasteiger partial charge < -0.3 is 19.4 Å². The molecule has 0 atom stereocenters. The van der Waals surface area contributed by atoms with Gasteiger partial charge in [-0.05, 0) is 25.3 Å². The first-order chi connectivity index (χ1) is 11.3. The van der Waals surface area contributed by atoms with Crippen LogP contribution in [0.1, 0.15) is 19.3 Å². The minimum Gasteiger partial charge on any atom is -0.493 e. The number of hydrogen-bond acceptors (Lipinski definition) is 5. The first-order valence-corrected chi connectivity index (χ1v) is 7.95. The number of methoxy groups -OCH3 is 2. The normalized spacial score (nSPS) is 15.3. The number of H-pyrrole nitrogens is 1. The van der Waals surface area contributed by atoms with Crippen molar-refractivity contribution in [3.8, 4) is 11.5 Å². The highest BCUT2D eigenvalue weighted by Crippen LogP contribution is 2.38. The zero-order valence-corrected chi connectivity index (χ0v) is 13.4. The maximum absolute atomic E-state index is 5.45. The van der Waals surface area contributed by atoms with Gasteiger partial charge in [0.2, 0.25) is 0 Å². The van der Waals surface area contributed by atoms with E-state index in [1.807, 2.05) is 12.1 Å². The summed E-state index contributed by atoms with van der Waals surface area (Å²) in [5.74, 6) is 2.43. The van der Waals surface area contributed by atoms with Crippen molar-refractivity contribution < 1.29 is 9.47 Å². The zero-order valence-electron chi connectivity index (χ0n) is 13.4. The van der Waals surface area contributed by atoms with Gasteiger partial charge >= 0.3 is 0 Å². The second kappa shape index (κ2) is 5.61. The Balaban J connectivity index is 1.97. The molecule has 3 heterocycles. The van der Waals surface area contributed by atoms with Crippen LogP contribution in [0.25, 0.3) is 21.9 Å². The van der Waals surface area contributed by atoms with Gasteiger partial charge in [-0.2, -0.15) is 0 Å². The van der Waals surface area contributed by atoms with Crippen LogP contribution in [0.5, 0.6) is 11.5 Å².